The van der Waals surface area contributed by atoms with Crippen molar-refractivity contribution >= 4 is 0 Å². The molecule has 0 saturated carbocycles. The second kappa shape index (κ2) is 3.38. The molecule has 0 aliphatic carbocycles. The van der Waals surface area contributed by atoms with E-state index in [4.69, 9.17) is 4.42 Å². The molecule has 0 radical (unpaired) electrons. The summed E-state index contributed by atoms with van der Waals surface area (Å²) in [6.45, 7) is 5.42. The van der Waals surface area contributed by atoms with Crippen LogP contribution in [0.4, 0.5) is 0 Å². The van der Waals surface area contributed by atoms with Crippen LogP contribution in [0.5, 0.6) is 0 Å². The van der Waals surface area contributed by atoms with E-state index in [1.807, 2.05) is 13.8 Å². The SMILES string of the molecule is Cc1nc(-c2ccoc2C)[nH]c(=O)c1C. The van der Waals surface area contributed by atoms with E-state index in [2.05, 4.69) is 9.97 Å². The molecule has 4 heteroatoms. The summed E-state index contributed by atoms with van der Waals surface area (Å²) in [5, 5.41) is 0. The molecule has 1 N–H and O–H groups in total. The maximum Gasteiger partial charge on any atom is 0.254 e. The van der Waals surface area contributed by atoms with E-state index >= 15 is 0 Å². The molecule has 0 fully saturated rings. The van der Waals surface area contributed by atoms with Gasteiger partial charge in [-0.3, -0.25) is 4.79 Å². The summed E-state index contributed by atoms with van der Waals surface area (Å²) in [7, 11) is 0. The van der Waals surface area contributed by atoms with Crippen molar-refractivity contribution in [1.29, 1.82) is 0 Å². The van der Waals surface area contributed by atoms with Crippen LogP contribution < -0.4 is 5.56 Å². The highest BCUT2D eigenvalue weighted by atomic mass is 16.3. The number of nitrogens with one attached hydrogen (secondary N) is 1. The van der Waals surface area contributed by atoms with E-state index < -0.39 is 0 Å². The predicted octanol–water partition coefficient (Wildman–Crippen LogP) is 1.96. The minimum atomic E-state index is -0.0990. The van der Waals surface area contributed by atoms with Crippen LogP contribution in [0.3, 0.4) is 0 Å². The van der Waals surface area contributed by atoms with Crippen molar-refractivity contribution in [3.05, 3.63) is 39.7 Å². The van der Waals surface area contributed by atoms with E-state index in [-0.39, 0.29) is 5.56 Å². The average molecular weight is 204 g/mol. The number of furan rings is 1. The molecule has 0 unspecified atom stereocenters. The first-order valence-electron chi connectivity index (χ1n) is 4.71. The van der Waals surface area contributed by atoms with Crippen LogP contribution in [0, 0.1) is 20.8 Å². The maximum atomic E-state index is 11.5. The fraction of sp³-hybridized carbons (Fsp3) is 0.273. The zero-order chi connectivity index (χ0) is 11.0. The van der Waals surface area contributed by atoms with Gasteiger partial charge in [0.1, 0.15) is 11.6 Å². The van der Waals surface area contributed by atoms with Crippen molar-refractivity contribution in [2.45, 2.75) is 20.8 Å². The minimum Gasteiger partial charge on any atom is -0.469 e. The number of nitrogens with zero attached hydrogens (tertiary/aromatic N) is 1. The standard InChI is InChI=1S/C11H12N2O2/c1-6-7(2)12-10(13-11(6)14)9-4-5-15-8(9)3/h4-5H,1-3H3,(H,12,13,14). The van der Waals surface area contributed by atoms with E-state index in [1.54, 1.807) is 19.3 Å². The molecular formula is C11H12N2O2. The molecule has 0 aliphatic heterocycles. The van der Waals surface area contributed by atoms with Gasteiger partial charge in [-0.25, -0.2) is 4.98 Å². The molecule has 0 atom stereocenters. The smallest absolute Gasteiger partial charge is 0.254 e. The quantitative estimate of drug-likeness (QED) is 0.772. The van der Waals surface area contributed by atoms with E-state index in [1.165, 1.54) is 0 Å². The van der Waals surface area contributed by atoms with Crippen LogP contribution in [0.25, 0.3) is 11.4 Å². The summed E-state index contributed by atoms with van der Waals surface area (Å²) in [6.07, 6.45) is 1.58. The van der Waals surface area contributed by atoms with Gasteiger partial charge in [0.25, 0.3) is 5.56 Å². The van der Waals surface area contributed by atoms with Crippen molar-refractivity contribution < 1.29 is 4.42 Å². The molecule has 0 saturated heterocycles. The molecule has 78 valence electrons. The first kappa shape index (κ1) is 9.71. The molecule has 2 aromatic heterocycles. The Morgan fingerprint density at radius 3 is 2.60 bits per heavy atom. The molecule has 0 amide bonds. The average Bonchev–Trinajstić information content (AvgIpc) is 2.60. The van der Waals surface area contributed by atoms with Crippen LogP contribution in [0.2, 0.25) is 0 Å². The molecule has 2 rings (SSSR count). The third-order valence-electron chi connectivity index (χ3n) is 2.51. The van der Waals surface area contributed by atoms with Crippen LogP contribution in [0.15, 0.2) is 21.5 Å². The van der Waals surface area contributed by atoms with Crippen LogP contribution in [-0.2, 0) is 0 Å². The van der Waals surface area contributed by atoms with Gasteiger partial charge in [0, 0.05) is 11.3 Å². The summed E-state index contributed by atoms with van der Waals surface area (Å²) in [5.74, 6) is 1.32. The largest absolute Gasteiger partial charge is 0.469 e. The molecule has 0 bridgehead atoms. The van der Waals surface area contributed by atoms with Crippen molar-refractivity contribution in [2.24, 2.45) is 0 Å². The van der Waals surface area contributed by atoms with E-state index in [0.717, 1.165) is 17.0 Å². The van der Waals surface area contributed by atoms with Gasteiger partial charge >= 0.3 is 0 Å². The summed E-state index contributed by atoms with van der Waals surface area (Å²) in [5.41, 5.74) is 2.13. The Balaban J connectivity index is 2.66. The molecule has 0 spiro atoms. The highest BCUT2D eigenvalue weighted by molar-refractivity contribution is 5.56. The molecule has 4 nitrogen and oxygen atoms in total. The van der Waals surface area contributed by atoms with Gasteiger partial charge < -0.3 is 9.40 Å². The lowest BCUT2D eigenvalue weighted by atomic mass is 10.2. The Morgan fingerprint density at radius 1 is 1.33 bits per heavy atom. The van der Waals surface area contributed by atoms with Crippen molar-refractivity contribution in [3.63, 3.8) is 0 Å². The Bertz CT molecular complexity index is 552. The maximum absolute atomic E-state index is 11.5. The predicted molar refractivity (Wildman–Crippen MR) is 56.8 cm³/mol. The summed E-state index contributed by atoms with van der Waals surface area (Å²) in [6, 6.07) is 1.79. The molecule has 2 heterocycles. The lowest BCUT2D eigenvalue weighted by molar-refractivity contribution is 0.535. The minimum absolute atomic E-state index is 0.0990. The van der Waals surface area contributed by atoms with Crippen LogP contribution >= 0.6 is 0 Å². The summed E-state index contributed by atoms with van der Waals surface area (Å²) in [4.78, 5) is 18.6. The van der Waals surface area contributed by atoms with E-state index in [0.29, 0.717) is 11.4 Å². The van der Waals surface area contributed by atoms with Crippen molar-refractivity contribution in [2.75, 3.05) is 0 Å². The molecular weight excluding hydrogens is 192 g/mol. The first-order chi connectivity index (χ1) is 7.09. The first-order valence-corrected chi connectivity index (χ1v) is 4.71. The fourth-order valence-electron chi connectivity index (χ4n) is 1.40. The Kier molecular flexibility index (Phi) is 2.19. The van der Waals surface area contributed by atoms with Gasteiger partial charge in [-0.15, -0.1) is 0 Å². The molecule has 0 aliphatic rings. The highest BCUT2D eigenvalue weighted by Gasteiger charge is 2.09. The molecule has 15 heavy (non-hydrogen) atoms. The molecule has 2 aromatic rings. The number of H-pyrrole nitrogens is 1. The third-order valence-corrected chi connectivity index (χ3v) is 2.51. The van der Waals surface area contributed by atoms with Crippen molar-refractivity contribution in [3.8, 4) is 11.4 Å². The van der Waals surface area contributed by atoms with Crippen LogP contribution in [0.1, 0.15) is 17.0 Å². The summed E-state index contributed by atoms with van der Waals surface area (Å²) >= 11 is 0. The van der Waals surface area contributed by atoms with Gasteiger partial charge in [0.2, 0.25) is 0 Å². The van der Waals surface area contributed by atoms with Gasteiger partial charge in [-0.1, -0.05) is 0 Å². The van der Waals surface area contributed by atoms with Gasteiger partial charge in [0.15, 0.2) is 0 Å². The molecule has 0 aromatic carbocycles. The van der Waals surface area contributed by atoms with Crippen LogP contribution in [-0.4, -0.2) is 9.97 Å². The van der Waals surface area contributed by atoms with Gasteiger partial charge in [0.05, 0.1) is 11.8 Å². The van der Waals surface area contributed by atoms with Crippen molar-refractivity contribution in [1.82, 2.24) is 9.97 Å². The highest BCUT2D eigenvalue weighted by Crippen LogP contribution is 2.19. The zero-order valence-corrected chi connectivity index (χ0v) is 8.92. The van der Waals surface area contributed by atoms with Gasteiger partial charge in [-0.2, -0.15) is 0 Å². The Hall–Kier alpha value is -1.84. The lowest BCUT2D eigenvalue weighted by Gasteiger charge is -2.02. The second-order valence-electron chi connectivity index (χ2n) is 3.52. The normalized spacial score (nSPS) is 10.6. The summed E-state index contributed by atoms with van der Waals surface area (Å²) < 4.78 is 5.17. The monoisotopic (exact) mass is 204 g/mol. The number of hydrogen-bond donors (Lipinski definition) is 1. The number of aryl methyl sites for hydroxylation is 2. The number of rotatable bonds is 1. The number of aromatic nitrogens is 2. The number of hydrogen-bond acceptors (Lipinski definition) is 3. The van der Waals surface area contributed by atoms with E-state index in [9.17, 15) is 4.79 Å². The fourth-order valence-corrected chi connectivity index (χ4v) is 1.40. The second-order valence-corrected chi connectivity index (χ2v) is 3.52. The lowest BCUT2D eigenvalue weighted by Crippen LogP contribution is -2.14. The topological polar surface area (TPSA) is 58.9 Å². The van der Waals surface area contributed by atoms with Gasteiger partial charge in [-0.05, 0) is 26.8 Å². The number of aromatic amines is 1. The Labute approximate surface area is 87.0 Å². The zero-order valence-electron chi connectivity index (χ0n) is 8.92. The third kappa shape index (κ3) is 1.58. The Morgan fingerprint density at radius 2 is 2.07 bits per heavy atom.